The number of likely N-dealkylation sites (tertiary alicyclic amines) is 1. The molecule has 2 aliphatic carbocycles. The van der Waals surface area contributed by atoms with Crippen molar-refractivity contribution in [3.8, 4) is 17.3 Å². The number of methoxy groups -OCH3 is 1. The van der Waals surface area contributed by atoms with Gasteiger partial charge in [0.1, 0.15) is 16.9 Å². The zero-order chi connectivity index (χ0) is 27.7. The summed E-state index contributed by atoms with van der Waals surface area (Å²) in [6.45, 7) is 3.33. The van der Waals surface area contributed by atoms with E-state index in [-0.39, 0.29) is 35.9 Å². The summed E-state index contributed by atoms with van der Waals surface area (Å²) in [4.78, 5) is 37.6. The van der Waals surface area contributed by atoms with Crippen LogP contribution in [0.25, 0.3) is 33.6 Å². The van der Waals surface area contributed by atoms with Crippen molar-refractivity contribution in [2.45, 2.75) is 57.3 Å². The van der Waals surface area contributed by atoms with Crippen molar-refractivity contribution in [1.82, 2.24) is 29.3 Å². The largest absolute Gasteiger partial charge is 0.494 e. The monoisotopic (exact) mass is 541 g/mol. The molecule has 4 atom stereocenters. The Bertz CT molecular complexity index is 1650. The fourth-order valence-electron chi connectivity index (χ4n) is 6.84. The first-order valence-corrected chi connectivity index (χ1v) is 14.2. The molecule has 10 heteroatoms. The molecular weight excluding hydrogens is 506 g/mol. The van der Waals surface area contributed by atoms with E-state index in [2.05, 4.69) is 27.0 Å². The maximum atomic E-state index is 13.9. The molecule has 3 aliphatic rings. The Hall–Kier alpha value is -3.92. The number of rotatable bonds is 7. The second-order valence-corrected chi connectivity index (χ2v) is 11.6. The number of amides is 2. The van der Waals surface area contributed by atoms with E-state index < -0.39 is 0 Å². The maximum absolute atomic E-state index is 13.9. The Morgan fingerprint density at radius 2 is 2.05 bits per heavy atom. The number of piperidine rings is 1. The smallest absolute Gasteiger partial charge is 0.254 e. The maximum Gasteiger partial charge on any atom is 0.254 e. The van der Waals surface area contributed by atoms with Gasteiger partial charge in [0.15, 0.2) is 5.82 Å². The molecule has 2 amide bonds. The lowest BCUT2D eigenvalue weighted by Gasteiger charge is -2.34. The average Bonchev–Trinajstić information content (AvgIpc) is 3.40. The number of fused-ring (bicyclic) bond motifs is 4. The highest BCUT2D eigenvalue weighted by atomic mass is 16.5. The Kier molecular flexibility index (Phi) is 5.85. The highest BCUT2D eigenvalue weighted by Crippen LogP contribution is 2.40. The predicted molar refractivity (Wildman–Crippen MR) is 152 cm³/mol. The van der Waals surface area contributed by atoms with E-state index in [1.807, 2.05) is 41.8 Å². The molecule has 2 bridgehead atoms. The van der Waals surface area contributed by atoms with Gasteiger partial charge in [-0.15, -0.1) is 0 Å². The van der Waals surface area contributed by atoms with Crippen molar-refractivity contribution < 1.29 is 14.3 Å². The minimum Gasteiger partial charge on any atom is -0.494 e. The second kappa shape index (κ2) is 9.33. The van der Waals surface area contributed by atoms with Crippen LogP contribution in [-0.2, 0) is 18.4 Å². The van der Waals surface area contributed by atoms with Crippen molar-refractivity contribution in [2.24, 2.45) is 24.6 Å². The molecule has 3 fully saturated rings. The lowest BCUT2D eigenvalue weighted by atomic mass is 10.0. The quantitative estimate of drug-likeness (QED) is 0.371. The first-order valence-electron chi connectivity index (χ1n) is 14.2. The number of hydrogen-bond acceptors (Lipinski definition) is 6. The van der Waals surface area contributed by atoms with Crippen LogP contribution in [0, 0.1) is 11.8 Å². The number of pyridine rings is 1. The Morgan fingerprint density at radius 1 is 1.23 bits per heavy atom. The van der Waals surface area contributed by atoms with Gasteiger partial charge in [-0.25, -0.2) is 9.97 Å². The van der Waals surface area contributed by atoms with Crippen molar-refractivity contribution in [3.05, 3.63) is 42.1 Å². The molecule has 4 aromatic rings. The fraction of sp³-hybridized carbons (Fsp3) is 0.467. The molecule has 1 saturated heterocycles. The SMILES string of the molecule is CCC(=O)N[C@H]1C[C@@H]2CN(C(=O)c3cc(OC)c4c(c3)nc(-c3cc5cccnc5n3CC3CC3)n4C)C1C2N. The second-order valence-electron chi connectivity index (χ2n) is 11.6. The van der Waals surface area contributed by atoms with E-state index in [0.29, 0.717) is 35.7 Å². The summed E-state index contributed by atoms with van der Waals surface area (Å²) >= 11 is 0. The number of hydrogen-bond donors (Lipinski definition) is 2. The lowest BCUT2D eigenvalue weighted by molar-refractivity contribution is -0.121. The topological polar surface area (TPSA) is 120 Å². The number of nitrogens with zero attached hydrogens (tertiary/aromatic N) is 5. The number of aryl methyl sites for hydroxylation is 1. The molecule has 4 heterocycles. The predicted octanol–water partition coefficient (Wildman–Crippen LogP) is 3.08. The van der Waals surface area contributed by atoms with Crippen LogP contribution in [0.5, 0.6) is 5.75 Å². The molecule has 0 spiro atoms. The molecular formula is C30H35N7O3. The van der Waals surface area contributed by atoms with Gasteiger partial charge in [0.05, 0.1) is 30.4 Å². The molecule has 208 valence electrons. The third kappa shape index (κ3) is 3.88. The van der Waals surface area contributed by atoms with Crippen molar-refractivity contribution in [3.63, 3.8) is 0 Å². The molecule has 7 rings (SSSR count). The number of nitrogens with one attached hydrogen (secondary N) is 1. The van der Waals surface area contributed by atoms with E-state index >= 15 is 0 Å². The van der Waals surface area contributed by atoms with Gasteiger partial charge in [-0.3, -0.25) is 9.59 Å². The summed E-state index contributed by atoms with van der Waals surface area (Å²) in [6.07, 6.45) is 5.51. The van der Waals surface area contributed by atoms with Gasteiger partial charge in [0.2, 0.25) is 5.91 Å². The van der Waals surface area contributed by atoms with Gasteiger partial charge in [0, 0.05) is 49.7 Å². The van der Waals surface area contributed by atoms with Crippen LogP contribution in [-0.4, -0.2) is 67.6 Å². The van der Waals surface area contributed by atoms with Crippen LogP contribution in [0.2, 0.25) is 0 Å². The van der Waals surface area contributed by atoms with Gasteiger partial charge < -0.3 is 29.8 Å². The summed E-state index contributed by atoms with van der Waals surface area (Å²) in [5, 5.41) is 4.16. The van der Waals surface area contributed by atoms with E-state index in [9.17, 15) is 9.59 Å². The molecule has 1 aliphatic heterocycles. The Morgan fingerprint density at radius 3 is 2.77 bits per heavy atom. The molecule has 1 aromatic carbocycles. The Balaban J connectivity index is 1.28. The van der Waals surface area contributed by atoms with Crippen molar-refractivity contribution >= 4 is 33.9 Å². The highest BCUT2D eigenvalue weighted by molar-refractivity contribution is 6.00. The molecule has 40 heavy (non-hydrogen) atoms. The van der Waals surface area contributed by atoms with Crippen molar-refractivity contribution in [1.29, 1.82) is 0 Å². The number of ether oxygens (including phenoxy) is 1. The van der Waals surface area contributed by atoms with Crippen LogP contribution < -0.4 is 15.8 Å². The summed E-state index contributed by atoms with van der Waals surface area (Å²) in [5.41, 5.74) is 10.5. The van der Waals surface area contributed by atoms with Gasteiger partial charge in [0.25, 0.3) is 5.91 Å². The highest BCUT2D eigenvalue weighted by Gasteiger charge is 2.53. The van der Waals surface area contributed by atoms with Crippen molar-refractivity contribution in [2.75, 3.05) is 13.7 Å². The normalized spacial score (nSPS) is 23.9. The van der Waals surface area contributed by atoms with Gasteiger partial charge in [-0.05, 0) is 61.4 Å². The number of imidazole rings is 1. The van der Waals surface area contributed by atoms with E-state index in [1.54, 1.807) is 13.2 Å². The summed E-state index contributed by atoms with van der Waals surface area (Å²) < 4.78 is 10.1. The van der Waals surface area contributed by atoms with Crippen LogP contribution in [0.1, 0.15) is 43.0 Å². The molecule has 3 N–H and O–H groups in total. The third-order valence-corrected chi connectivity index (χ3v) is 9.05. The number of carbonyl (C=O) groups excluding carboxylic acids is 2. The van der Waals surface area contributed by atoms with Gasteiger partial charge >= 0.3 is 0 Å². The third-order valence-electron chi connectivity index (χ3n) is 9.05. The summed E-state index contributed by atoms with van der Waals surface area (Å²) in [7, 11) is 3.61. The number of carbonyl (C=O) groups is 2. The van der Waals surface area contributed by atoms with Crippen LogP contribution in [0.3, 0.4) is 0 Å². The number of benzene rings is 1. The fourth-order valence-corrected chi connectivity index (χ4v) is 6.84. The van der Waals surface area contributed by atoms with Crippen LogP contribution in [0.4, 0.5) is 0 Å². The Labute approximate surface area is 232 Å². The zero-order valence-corrected chi connectivity index (χ0v) is 23.1. The summed E-state index contributed by atoms with van der Waals surface area (Å²) in [5.74, 6) is 2.10. The van der Waals surface area contributed by atoms with E-state index in [4.69, 9.17) is 15.5 Å². The van der Waals surface area contributed by atoms with Crippen LogP contribution >= 0.6 is 0 Å². The van der Waals surface area contributed by atoms with Crippen LogP contribution in [0.15, 0.2) is 36.5 Å². The lowest BCUT2D eigenvalue weighted by Crippen LogP contribution is -2.54. The first-order chi connectivity index (χ1) is 19.4. The molecule has 2 unspecified atom stereocenters. The molecule has 3 aromatic heterocycles. The van der Waals surface area contributed by atoms with E-state index in [1.165, 1.54) is 12.8 Å². The molecule has 0 radical (unpaired) electrons. The summed E-state index contributed by atoms with van der Waals surface area (Å²) in [6, 6.07) is 9.34. The average molecular weight is 542 g/mol. The standard InChI is InChI=1S/C30H35N7O3/c1-4-24(38)33-21-11-19-15-37(27(21)25(19)31)30(39)18-10-20-26(23(13-18)40-3)35(2)29(34-20)22-12-17-6-5-9-32-28(17)36(22)14-16-7-8-16/h5-6,9-10,12-13,16,19,21,25,27H,4,7-8,11,14-15,31H2,1-3H3,(H,33,38)/t19-,21+,25?,27?/m1/s1. The molecule has 2 saturated carbocycles. The molecule has 10 nitrogen and oxygen atoms in total. The number of aromatic nitrogens is 4. The zero-order valence-electron chi connectivity index (χ0n) is 23.1. The van der Waals surface area contributed by atoms with E-state index in [0.717, 1.165) is 41.0 Å². The first kappa shape index (κ1) is 25.1. The minimum absolute atomic E-state index is 0.0180. The minimum atomic E-state index is -0.223. The van der Waals surface area contributed by atoms with Gasteiger partial charge in [-0.2, -0.15) is 0 Å². The number of nitrogens with two attached hydrogens (primary N) is 1. The van der Waals surface area contributed by atoms with Gasteiger partial charge in [-0.1, -0.05) is 6.92 Å².